The van der Waals surface area contributed by atoms with Crippen LogP contribution in [0.3, 0.4) is 0 Å². The molecule has 5 nitrogen and oxygen atoms in total. The summed E-state index contributed by atoms with van der Waals surface area (Å²) in [6.07, 6.45) is 1.42. The molecule has 90 valence electrons. The van der Waals surface area contributed by atoms with E-state index in [0.29, 0.717) is 11.6 Å². The van der Waals surface area contributed by atoms with Gasteiger partial charge in [-0.25, -0.2) is 13.4 Å². The molecule has 0 aromatic carbocycles. The summed E-state index contributed by atoms with van der Waals surface area (Å²) in [4.78, 5) is 3.91. The van der Waals surface area contributed by atoms with E-state index in [1.165, 1.54) is 13.3 Å². The Bertz CT molecular complexity index is 446. The first-order valence-electron chi connectivity index (χ1n) is 4.79. The van der Waals surface area contributed by atoms with Crippen LogP contribution in [-0.4, -0.2) is 25.3 Å². The van der Waals surface area contributed by atoms with Gasteiger partial charge in [-0.2, -0.15) is 0 Å². The largest absolute Gasteiger partial charge is 0.481 e. The van der Waals surface area contributed by atoms with Gasteiger partial charge in [0.2, 0.25) is 15.9 Å². The second kappa shape index (κ2) is 4.29. The highest BCUT2D eigenvalue weighted by atomic mass is 32.2. The van der Waals surface area contributed by atoms with Crippen molar-refractivity contribution in [3.63, 3.8) is 0 Å². The lowest BCUT2D eigenvalue weighted by molar-refractivity contribution is 0.398. The molecule has 1 aromatic heterocycles. The van der Waals surface area contributed by atoms with Gasteiger partial charge in [0.05, 0.1) is 23.7 Å². The van der Waals surface area contributed by atoms with Crippen LogP contribution in [-0.2, 0) is 10.0 Å². The predicted molar refractivity (Wildman–Crippen MR) is 63.1 cm³/mol. The van der Waals surface area contributed by atoms with Gasteiger partial charge in [0.25, 0.3) is 0 Å². The van der Waals surface area contributed by atoms with Gasteiger partial charge < -0.3 is 4.74 Å². The highest BCUT2D eigenvalue weighted by Crippen LogP contribution is 2.19. The van der Waals surface area contributed by atoms with Crippen LogP contribution in [0.2, 0.25) is 0 Å². The highest BCUT2D eigenvalue weighted by Gasteiger charge is 2.28. The summed E-state index contributed by atoms with van der Waals surface area (Å²) in [5.74, 6) is 0.443. The number of ether oxygens (including phenoxy) is 1. The van der Waals surface area contributed by atoms with Crippen molar-refractivity contribution in [1.82, 2.24) is 4.98 Å². The highest BCUT2D eigenvalue weighted by molar-refractivity contribution is 7.94. The SMILES string of the molecule is COc1ccc(NS(=O)(=O)C(C)(C)C)cn1. The molecule has 0 aliphatic carbocycles. The van der Waals surface area contributed by atoms with Crippen LogP contribution in [0, 0.1) is 0 Å². The van der Waals surface area contributed by atoms with Gasteiger partial charge >= 0.3 is 0 Å². The van der Waals surface area contributed by atoms with Crippen molar-refractivity contribution in [2.45, 2.75) is 25.5 Å². The van der Waals surface area contributed by atoms with E-state index in [-0.39, 0.29) is 0 Å². The molecule has 0 unspecified atom stereocenters. The molecule has 1 heterocycles. The van der Waals surface area contributed by atoms with Crippen LogP contribution in [0.1, 0.15) is 20.8 Å². The molecule has 0 amide bonds. The van der Waals surface area contributed by atoms with Crippen LogP contribution in [0.25, 0.3) is 0 Å². The van der Waals surface area contributed by atoms with E-state index in [1.807, 2.05) is 0 Å². The van der Waals surface area contributed by atoms with E-state index in [1.54, 1.807) is 32.9 Å². The smallest absolute Gasteiger partial charge is 0.237 e. The van der Waals surface area contributed by atoms with E-state index in [2.05, 4.69) is 9.71 Å². The van der Waals surface area contributed by atoms with Crippen molar-refractivity contribution < 1.29 is 13.2 Å². The Balaban J connectivity index is 2.89. The number of rotatable bonds is 3. The Kier molecular flexibility index (Phi) is 3.42. The number of nitrogens with one attached hydrogen (secondary N) is 1. The summed E-state index contributed by atoms with van der Waals surface area (Å²) in [7, 11) is -1.90. The van der Waals surface area contributed by atoms with Gasteiger partial charge in [0, 0.05) is 6.07 Å². The maximum Gasteiger partial charge on any atom is 0.237 e. The van der Waals surface area contributed by atoms with Gasteiger partial charge in [-0.3, -0.25) is 4.72 Å². The first kappa shape index (κ1) is 12.8. The second-order valence-electron chi connectivity index (χ2n) is 4.31. The standard InChI is InChI=1S/C10H16N2O3S/c1-10(2,3)16(13,14)12-8-5-6-9(15-4)11-7-8/h5-7,12H,1-4H3. The molecule has 0 saturated carbocycles. The number of pyridine rings is 1. The lowest BCUT2D eigenvalue weighted by Gasteiger charge is -2.20. The summed E-state index contributed by atoms with van der Waals surface area (Å²) >= 11 is 0. The minimum absolute atomic E-state index is 0.427. The van der Waals surface area contributed by atoms with Crippen molar-refractivity contribution in [3.8, 4) is 5.88 Å². The van der Waals surface area contributed by atoms with E-state index >= 15 is 0 Å². The number of methoxy groups -OCH3 is 1. The molecule has 0 bridgehead atoms. The molecule has 1 aromatic rings. The second-order valence-corrected chi connectivity index (χ2v) is 6.74. The monoisotopic (exact) mass is 244 g/mol. The van der Waals surface area contributed by atoms with Gasteiger partial charge in [-0.1, -0.05) is 0 Å². The lowest BCUT2D eigenvalue weighted by atomic mass is 10.3. The molecule has 16 heavy (non-hydrogen) atoms. The number of aromatic nitrogens is 1. The molecular formula is C10H16N2O3S. The van der Waals surface area contributed by atoms with E-state index < -0.39 is 14.8 Å². The number of nitrogens with zero attached hydrogens (tertiary/aromatic N) is 1. The third-order valence-corrected chi connectivity index (χ3v) is 4.12. The summed E-state index contributed by atoms with van der Waals surface area (Å²) in [6.45, 7) is 4.89. The molecule has 1 rings (SSSR count). The van der Waals surface area contributed by atoms with Crippen LogP contribution in [0.15, 0.2) is 18.3 Å². The zero-order chi connectivity index (χ0) is 12.4. The quantitative estimate of drug-likeness (QED) is 0.877. The summed E-state index contributed by atoms with van der Waals surface area (Å²) in [5, 5.41) is 0. The number of hydrogen-bond donors (Lipinski definition) is 1. The number of anilines is 1. The molecule has 1 N–H and O–H groups in total. The summed E-state index contributed by atoms with van der Waals surface area (Å²) in [6, 6.07) is 3.20. The predicted octanol–water partition coefficient (Wildman–Crippen LogP) is 1.63. The fourth-order valence-corrected chi connectivity index (χ4v) is 1.61. The maximum absolute atomic E-state index is 11.8. The van der Waals surface area contributed by atoms with Gasteiger partial charge in [0.1, 0.15) is 0 Å². The summed E-state index contributed by atoms with van der Waals surface area (Å²) in [5.41, 5.74) is 0.427. The average molecular weight is 244 g/mol. The topological polar surface area (TPSA) is 68.3 Å². The van der Waals surface area contributed by atoms with E-state index in [0.717, 1.165) is 0 Å². The molecule has 0 aliphatic rings. The molecule has 0 spiro atoms. The third-order valence-electron chi connectivity index (χ3n) is 2.00. The Labute approximate surface area is 95.9 Å². The number of hydrogen-bond acceptors (Lipinski definition) is 4. The van der Waals surface area contributed by atoms with E-state index in [4.69, 9.17) is 4.74 Å². The normalized spacial score (nSPS) is 12.2. The Morgan fingerprint density at radius 3 is 2.31 bits per heavy atom. The fraction of sp³-hybridized carbons (Fsp3) is 0.500. The third kappa shape index (κ3) is 2.85. The molecule has 0 aliphatic heterocycles. The maximum atomic E-state index is 11.8. The van der Waals surface area contributed by atoms with Crippen LogP contribution < -0.4 is 9.46 Å². The van der Waals surface area contributed by atoms with Gasteiger partial charge in [-0.15, -0.1) is 0 Å². The van der Waals surface area contributed by atoms with Crippen molar-refractivity contribution in [1.29, 1.82) is 0 Å². The summed E-state index contributed by atoms with van der Waals surface area (Å²) < 4.78 is 30.1. The van der Waals surface area contributed by atoms with E-state index in [9.17, 15) is 8.42 Å². The minimum Gasteiger partial charge on any atom is -0.481 e. The van der Waals surface area contributed by atoms with Crippen molar-refractivity contribution in [2.75, 3.05) is 11.8 Å². The van der Waals surface area contributed by atoms with Crippen molar-refractivity contribution in [3.05, 3.63) is 18.3 Å². The van der Waals surface area contributed by atoms with Gasteiger partial charge in [-0.05, 0) is 26.8 Å². The zero-order valence-electron chi connectivity index (χ0n) is 9.81. The van der Waals surface area contributed by atoms with Crippen LogP contribution in [0.5, 0.6) is 5.88 Å². The molecule has 0 saturated heterocycles. The van der Waals surface area contributed by atoms with Crippen molar-refractivity contribution >= 4 is 15.7 Å². The fourth-order valence-electron chi connectivity index (χ4n) is 0.870. The molecule has 6 heteroatoms. The zero-order valence-corrected chi connectivity index (χ0v) is 10.6. The molecular weight excluding hydrogens is 228 g/mol. The van der Waals surface area contributed by atoms with Crippen LogP contribution in [0.4, 0.5) is 5.69 Å². The molecule has 0 fully saturated rings. The minimum atomic E-state index is -3.40. The average Bonchev–Trinajstić information content (AvgIpc) is 2.16. The van der Waals surface area contributed by atoms with Gasteiger partial charge in [0.15, 0.2) is 0 Å². The molecule has 0 radical (unpaired) electrons. The first-order chi connectivity index (χ1) is 7.26. The Morgan fingerprint density at radius 2 is 1.94 bits per heavy atom. The molecule has 0 atom stereocenters. The number of sulfonamides is 1. The first-order valence-corrected chi connectivity index (χ1v) is 6.27. The Hall–Kier alpha value is -1.30. The van der Waals surface area contributed by atoms with Crippen molar-refractivity contribution in [2.24, 2.45) is 0 Å². The van der Waals surface area contributed by atoms with Crippen LogP contribution >= 0.6 is 0 Å². The lowest BCUT2D eigenvalue weighted by Crippen LogP contribution is -2.33. The Morgan fingerprint density at radius 1 is 1.31 bits per heavy atom.